The monoisotopic (exact) mass is 363 g/mol. The highest BCUT2D eigenvalue weighted by atomic mass is 19.4. The van der Waals surface area contributed by atoms with Crippen molar-refractivity contribution in [1.29, 1.82) is 0 Å². The fraction of sp³-hybridized carbons (Fsp3) is 0.0714. The van der Waals surface area contributed by atoms with E-state index in [0.29, 0.717) is 6.07 Å². The summed E-state index contributed by atoms with van der Waals surface area (Å²) in [5.41, 5.74) is -3.20. The molecule has 0 amide bonds. The van der Waals surface area contributed by atoms with Gasteiger partial charge in [-0.3, -0.25) is 10.1 Å². The third kappa shape index (κ3) is 3.82. The lowest BCUT2D eigenvalue weighted by Crippen LogP contribution is -2.07. The van der Waals surface area contributed by atoms with Crippen LogP contribution in [0.2, 0.25) is 0 Å². The first-order valence-electron chi connectivity index (χ1n) is 6.26. The highest BCUT2D eigenvalue weighted by Gasteiger charge is 2.33. The van der Waals surface area contributed by atoms with E-state index in [-0.39, 0.29) is 12.1 Å². The van der Waals surface area contributed by atoms with Crippen LogP contribution in [0.15, 0.2) is 30.3 Å². The van der Waals surface area contributed by atoms with Gasteiger partial charge in [0.2, 0.25) is 0 Å². The average Bonchev–Trinajstić information content (AvgIpc) is 2.49. The third-order valence-corrected chi connectivity index (χ3v) is 2.94. The number of carboxylic acids is 1. The summed E-state index contributed by atoms with van der Waals surface area (Å²) in [6, 6.07) is 2.20. The van der Waals surface area contributed by atoms with E-state index < -0.39 is 57.0 Å². The number of nitrogens with zero attached hydrogens (tertiary/aromatic N) is 1. The van der Waals surface area contributed by atoms with Gasteiger partial charge in [0.25, 0.3) is 5.69 Å². The zero-order chi connectivity index (χ0) is 18.9. The van der Waals surface area contributed by atoms with Crippen molar-refractivity contribution in [3.63, 3.8) is 0 Å². The van der Waals surface area contributed by atoms with Crippen molar-refractivity contribution >= 4 is 11.7 Å². The third-order valence-electron chi connectivity index (χ3n) is 2.94. The molecule has 0 heterocycles. The van der Waals surface area contributed by atoms with Crippen LogP contribution in [0, 0.1) is 21.7 Å². The number of benzene rings is 2. The number of rotatable bonds is 4. The largest absolute Gasteiger partial charge is 0.477 e. The fourth-order valence-electron chi connectivity index (χ4n) is 1.85. The summed E-state index contributed by atoms with van der Waals surface area (Å²) in [6.07, 6.45) is -4.98. The maximum atomic E-state index is 13.7. The summed E-state index contributed by atoms with van der Waals surface area (Å²) in [5.74, 6) is -6.78. The van der Waals surface area contributed by atoms with E-state index in [4.69, 9.17) is 9.84 Å². The summed E-state index contributed by atoms with van der Waals surface area (Å²) >= 11 is 0. The number of aromatic carboxylic acids is 1. The number of nitro groups is 1. The Kier molecular flexibility index (Phi) is 4.59. The molecule has 0 saturated heterocycles. The molecule has 0 atom stereocenters. The number of alkyl halides is 3. The van der Waals surface area contributed by atoms with Gasteiger partial charge in [-0.1, -0.05) is 0 Å². The molecule has 0 fully saturated rings. The van der Waals surface area contributed by atoms with E-state index in [1.165, 1.54) is 0 Å². The normalized spacial score (nSPS) is 11.2. The Morgan fingerprint density at radius 1 is 1.12 bits per heavy atom. The second kappa shape index (κ2) is 6.34. The van der Waals surface area contributed by atoms with Crippen molar-refractivity contribution < 1.29 is 41.5 Å². The quantitative estimate of drug-likeness (QED) is 0.495. The molecule has 2 aromatic carbocycles. The van der Waals surface area contributed by atoms with Crippen LogP contribution in [0.3, 0.4) is 0 Å². The predicted octanol–water partition coefficient (Wildman–Crippen LogP) is 4.38. The molecule has 0 aromatic heterocycles. The molecule has 0 spiro atoms. The molecule has 0 unspecified atom stereocenters. The summed E-state index contributed by atoms with van der Waals surface area (Å²) < 4.78 is 69.5. The Balaban J connectivity index is 2.45. The maximum absolute atomic E-state index is 13.7. The van der Waals surface area contributed by atoms with Crippen LogP contribution in [-0.2, 0) is 6.18 Å². The van der Waals surface area contributed by atoms with Gasteiger partial charge in [-0.2, -0.15) is 13.2 Å². The molecule has 25 heavy (non-hydrogen) atoms. The Morgan fingerprint density at radius 3 is 2.12 bits per heavy atom. The fourth-order valence-corrected chi connectivity index (χ4v) is 1.85. The summed E-state index contributed by atoms with van der Waals surface area (Å²) in [6.45, 7) is 0. The van der Waals surface area contributed by atoms with Gasteiger partial charge in [0, 0.05) is 12.1 Å². The topological polar surface area (TPSA) is 89.7 Å². The lowest BCUT2D eigenvalue weighted by Gasteiger charge is -2.12. The molecule has 6 nitrogen and oxygen atoms in total. The molecule has 0 radical (unpaired) electrons. The van der Waals surface area contributed by atoms with Gasteiger partial charge in [0.1, 0.15) is 11.3 Å². The Bertz CT molecular complexity index is 842. The SMILES string of the molecule is O=C(O)c1cc(Oc2c(F)cc(C(F)(F)F)cc2F)ccc1[N+](=O)[O-]. The first-order valence-corrected chi connectivity index (χ1v) is 6.26. The van der Waals surface area contributed by atoms with Crippen molar-refractivity contribution in [2.45, 2.75) is 6.18 Å². The zero-order valence-corrected chi connectivity index (χ0v) is 11.8. The molecule has 0 aliphatic rings. The van der Waals surface area contributed by atoms with Crippen LogP contribution in [-0.4, -0.2) is 16.0 Å². The average molecular weight is 363 g/mol. The maximum Gasteiger partial charge on any atom is 0.416 e. The van der Waals surface area contributed by atoms with E-state index in [0.717, 1.165) is 12.1 Å². The molecule has 2 rings (SSSR count). The van der Waals surface area contributed by atoms with E-state index >= 15 is 0 Å². The minimum absolute atomic E-state index is 0.00190. The van der Waals surface area contributed by atoms with Gasteiger partial charge < -0.3 is 9.84 Å². The van der Waals surface area contributed by atoms with Crippen LogP contribution in [0.4, 0.5) is 27.6 Å². The molecule has 11 heteroatoms. The van der Waals surface area contributed by atoms with E-state index in [1.54, 1.807) is 0 Å². The highest BCUT2D eigenvalue weighted by molar-refractivity contribution is 5.92. The molecule has 132 valence electrons. The molecule has 0 bridgehead atoms. The van der Waals surface area contributed by atoms with Crippen molar-refractivity contribution in [2.75, 3.05) is 0 Å². The second-order valence-corrected chi connectivity index (χ2v) is 4.61. The Labute approximate surface area is 135 Å². The number of ether oxygens (including phenoxy) is 1. The number of hydrogen-bond donors (Lipinski definition) is 1. The van der Waals surface area contributed by atoms with Gasteiger partial charge in [-0.15, -0.1) is 0 Å². The van der Waals surface area contributed by atoms with Gasteiger partial charge in [-0.05, 0) is 18.2 Å². The summed E-state index contributed by atoms with van der Waals surface area (Å²) in [4.78, 5) is 20.7. The minimum Gasteiger partial charge on any atom is -0.477 e. The molecule has 0 saturated carbocycles. The standard InChI is InChI=1S/C14H6F5NO5/c15-9-3-6(14(17,18)19)4-10(16)12(9)25-7-1-2-11(20(23)24)8(5-7)13(21)22/h1-5H,(H,21,22). The minimum atomic E-state index is -4.98. The lowest BCUT2D eigenvalue weighted by atomic mass is 10.1. The van der Waals surface area contributed by atoms with Crippen LogP contribution in [0.5, 0.6) is 11.5 Å². The van der Waals surface area contributed by atoms with Crippen molar-refractivity contribution in [1.82, 2.24) is 0 Å². The van der Waals surface area contributed by atoms with E-state index in [2.05, 4.69) is 0 Å². The van der Waals surface area contributed by atoms with Gasteiger partial charge >= 0.3 is 12.1 Å². The van der Waals surface area contributed by atoms with E-state index in [1.807, 2.05) is 0 Å². The zero-order valence-electron chi connectivity index (χ0n) is 11.8. The van der Waals surface area contributed by atoms with E-state index in [9.17, 15) is 36.9 Å². The van der Waals surface area contributed by atoms with Crippen molar-refractivity contribution in [3.05, 3.63) is 63.2 Å². The highest BCUT2D eigenvalue weighted by Crippen LogP contribution is 2.36. The Hall–Kier alpha value is -3.24. The molecule has 2 aromatic rings. The van der Waals surface area contributed by atoms with Crippen LogP contribution < -0.4 is 4.74 Å². The van der Waals surface area contributed by atoms with Crippen LogP contribution >= 0.6 is 0 Å². The molecular formula is C14H6F5NO5. The number of halogens is 5. The van der Waals surface area contributed by atoms with Crippen molar-refractivity contribution in [2.24, 2.45) is 0 Å². The molecular weight excluding hydrogens is 357 g/mol. The number of nitro benzene ring substituents is 1. The van der Waals surface area contributed by atoms with Gasteiger partial charge in [0.05, 0.1) is 10.5 Å². The van der Waals surface area contributed by atoms with Crippen LogP contribution in [0.25, 0.3) is 0 Å². The number of carboxylic acid groups (broad SMARTS) is 1. The lowest BCUT2D eigenvalue weighted by molar-refractivity contribution is -0.385. The Morgan fingerprint density at radius 2 is 1.68 bits per heavy atom. The van der Waals surface area contributed by atoms with Crippen LogP contribution in [0.1, 0.15) is 15.9 Å². The first-order chi connectivity index (χ1) is 11.5. The predicted molar refractivity (Wildman–Crippen MR) is 71.5 cm³/mol. The van der Waals surface area contributed by atoms with Gasteiger partial charge in [0.15, 0.2) is 17.4 Å². The summed E-state index contributed by atoms with van der Waals surface area (Å²) in [7, 11) is 0. The van der Waals surface area contributed by atoms with Crippen molar-refractivity contribution in [3.8, 4) is 11.5 Å². The smallest absolute Gasteiger partial charge is 0.416 e. The van der Waals surface area contributed by atoms with Gasteiger partial charge in [-0.25, -0.2) is 13.6 Å². The second-order valence-electron chi connectivity index (χ2n) is 4.61. The summed E-state index contributed by atoms with van der Waals surface area (Å²) in [5, 5.41) is 19.6. The first kappa shape index (κ1) is 18.1. The molecule has 1 N–H and O–H groups in total. The number of carbonyl (C=O) groups is 1. The molecule has 0 aliphatic carbocycles. The number of hydrogen-bond acceptors (Lipinski definition) is 4. The molecule has 0 aliphatic heterocycles.